The topological polar surface area (TPSA) is 58.6 Å². The molecule has 0 saturated heterocycles. The zero-order chi connectivity index (χ0) is 21.5. The Morgan fingerprint density at radius 3 is 2.47 bits per heavy atom. The summed E-state index contributed by atoms with van der Waals surface area (Å²) in [5.41, 5.74) is 2.16. The number of nitrogens with zero attached hydrogens (tertiary/aromatic N) is 1. The van der Waals surface area contributed by atoms with E-state index in [9.17, 15) is 9.59 Å². The van der Waals surface area contributed by atoms with Gasteiger partial charge in [-0.2, -0.15) is 0 Å². The molecule has 0 aliphatic heterocycles. The maximum atomic E-state index is 12.6. The van der Waals surface area contributed by atoms with Crippen molar-refractivity contribution < 1.29 is 14.3 Å². The van der Waals surface area contributed by atoms with Gasteiger partial charge in [0, 0.05) is 23.3 Å². The van der Waals surface area contributed by atoms with E-state index in [-0.39, 0.29) is 24.5 Å². The molecule has 0 aliphatic rings. The summed E-state index contributed by atoms with van der Waals surface area (Å²) in [6.07, 6.45) is 0. The molecule has 0 saturated carbocycles. The van der Waals surface area contributed by atoms with Gasteiger partial charge in [0.05, 0.1) is 6.04 Å². The standard InChI is InChI=1S/C24H23ClN2O3/c1-17(27(2)23(28)16-30-22-13-7-11-20(25)15-22)19-10-6-12-21(14-19)26-24(29)18-8-4-3-5-9-18/h3-15,17H,16H2,1-2H3,(H,26,29). The molecule has 1 atom stereocenters. The van der Waals surface area contributed by atoms with E-state index in [2.05, 4.69) is 5.32 Å². The predicted octanol–water partition coefficient (Wildman–Crippen LogP) is 5.19. The summed E-state index contributed by atoms with van der Waals surface area (Å²) in [6, 6.07) is 23.2. The molecule has 3 aromatic rings. The maximum Gasteiger partial charge on any atom is 0.260 e. The lowest BCUT2D eigenvalue weighted by Gasteiger charge is -2.26. The summed E-state index contributed by atoms with van der Waals surface area (Å²) < 4.78 is 5.55. The number of benzene rings is 3. The lowest BCUT2D eigenvalue weighted by atomic mass is 10.1. The number of halogens is 1. The van der Waals surface area contributed by atoms with E-state index in [1.54, 1.807) is 48.3 Å². The van der Waals surface area contributed by atoms with Crippen LogP contribution >= 0.6 is 11.6 Å². The Labute approximate surface area is 181 Å². The van der Waals surface area contributed by atoms with Gasteiger partial charge in [0.1, 0.15) is 5.75 Å². The van der Waals surface area contributed by atoms with E-state index in [1.807, 2.05) is 49.4 Å². The molecule has 0 bridgehead atoms. The summed E-state index contributed by atoms with van der Waals surface area (Å²) in [6.45, 7) is 1.83. The highest BCUT2D eigenvalue weighted by molar-refractivity contribution is 6.30. The van der Waals surface area contributed by atoms with Crippen molar-refractivity contribution in [3.05, 3.63) is 95.0 Å². The molecule has 0 fully saturated rings. The molecule has 0 aromatic heterocycles. The molecule has 6 heteroatoms. The Kier molecular flexibility index (Phi) is 7.09. The molecule has 2 amide bonds. The first kappa shape index (κ1) is 21.4. The number of anilines is 1. The van der Waals surface area contributed by atoms with Crippen LogP contribution in [0.25, 0.3) is 0 Å². The first-order valence-corrected chi connectivity index (χ1v) is 9.92. The smallest absolute Gasteiger partial charge is 0.260 e. The van der Waals surface area contributed by atoms with E-state index >= 15 is 0 Å². The Morgan fingerprint density at radius 1 is 1.00 bits per heavy atom. The summed E-state index contributed by atoms with van der Waals surface area (Å²) in [4.78, 5) is 26.6. The fourth-order valence-corrected chi connectivity index (χ4v) is 3.09. The molecule has 5 nitrogen and oxygen atoms in total. The van der Waals surface area contributed by atoms with Crippen LogP contribution in [0.2, 0.25) is 5.02 Å². The van der Waals surface area contributed by atoms with Gasteiger partial charge in [0.2, 0.25) is 0 Å². The van der Waals surface area contributed by atoms with Crippen LogP contribution in [0.4, 0.5) is 5.69 Å². The number of likely N-dealkylation sites (N-methyl/N-ethyl adjacent to an activating group) is 1. The summed E-state index contributed by atoms with van der Waals surface area (Å²) in [5, 5.41) is 3.45. The highest BCUT2D eigenvalue weighted by Gasteiger charge is 2.18. The van der Waals surface area contributed by atoms with E-state index in [1.165, 1.54) is 0 Å². The monoisotopic (exact) mass is 422 g/mol. The minimum absolute atomic E-state index is 0.0917. The molecule has 30 heavy (non-hydrogen) atoms. The molecular weight excluding hydrogens is 400 g/mol. The number of carbonyl (C=O) groups is 2. The molecule has 3 rings (SSSR count). The first-order chi connectivity index (χ1) is 14.4. The molecular formula is C24H23ClN2O3. The Balaban J connectivity index is 1.62. The second-order valence-corrected chi connectivity index (χ2v) is 7.31. The molecule has 0 heterocycles. The second kappa shape index (κ2) is 9.94. The van der Waals surface area contributed by atoms with Crippen LogP contribution in [0.5, 0.6) is 5.75 Å². The molecule has 154 valence electrons. The van der Waals surface area contributed by atoms with Crippen LogP contribution in [0.1, 0.15) is 28.9 Å². The summed E-state index contributed by atoms with van der Waals surface area (Å²) in [5.74, 6) is 0.198. The maximum absolute atomic E-state index is 12.6. The molecule has 1 unspecified atom stereocenters. The van der Waals surface area contributed by atoms with Crippen molar-refractivity contribution in [3.63, 3.8) is 0 Å². The van der Waals surface area contributed by atoms with Crippen molar-refractivity contribution in [2.75, 3.05) is 19.0 Å². The number of hydrogen-bond donors (Lipinski definition) is 1. The summed E-state index contributed by atoms with van der Waals surface area (Å²) in [7, 11) is 1.73. The number of amides is 2. The van der Waals surface area contributed by atoms with Crippen molar-refractivity contribution >= 4 is 29.1 Å². The van der Waals surface area contributed by atoms with Gasteiger partial charge in [-0.1, -0.05) is 48.0 Å². The van der Waals surface area contributed by atoms with Crippen molar-refractivity contribution in [3.8, 4) is 5.75 Å². The van der Waals surface area contributed by atoms with Crippen LogP contribution in [0.3, 0.4) is 0 Å². The average Bonchev–Trinajstić information content (AvgIpc) is 2.77. The lowest BCUT2D eigenvalue weighted by molar-refractivity contribution is -0.134. The van der Waals surface area contributed by atoms with E-state index < -0.39 is 0 Å². The fraction of sp³-hybridized carbons (Fsp3) is 0.167. The molecule has 0 aliphatic carbocycles. The van der Waals surface area contributed by atoms with Crippen LogP contribution in [0, 0.1) is 0 Å². The van der Waals surface area contributed by atoms with Crippen molar-refractivity contribution in [2.45, 2.75) is 13.0 Å². The van der Waals surface area contributed by atoms with Gasteiger partial charge >= 0.3 is 0 Å². The quantitative estimate of drug-likeness (QED) is 0.570. The minimum atomic E-state index is -0.200. The van der Waals surface area contributed by atoms with Gasteiger partial charge in [-0.25, -0.2) is 0 Å². The van der Waals surface area contributed by atoms with Gasteiger partial charge in [-0.05, 0) is 55.0 Å². The normalized spacial score (nSPS) is 11.4. The fourth-order valence-electron chi connectivity index (χ4n) is 2.91. The highest BCUT2D eigenvalue weighted by atomic mass is 35.5. The predicted molar refractivity (Wildman–Crippen MR) is 119 cm³/mol. The van der Waals surface area contributed by atoms with E-state index in [4.69, 9.17) is 16.3 Å². The average molecular weight is 423 g/mol. The number of rotatable bonds is 7. The third-order valence-electron chi connectivity index (χ3n) is 4.80. The third kappa shape index (κ3) is 5.61. The van der Waals surface area contributed by atoms with Crippen molar-refractivity contribution in [2.24, 2.45) is 0 Å². The molecule has 3 aromatic carbocycles. The summed E-state index contributed by atoms with van der Waals surface area (Å²) >= 11 is 5.94. The zero-order valence-corrected chi connectivity index (χ0v) is 17.6. The minimum Gasteiger partial charge on any atom is -0.484 e. The Bertz CT molecular complexity index is 1020. The number of ether oxygens (including phenoxy) is 1. The van der Waals surface area contributed by atoms with Crippen LogP contribution in [-0.4, -0.2) is 30.4 Å². The lowest BCUT2D eigenvalue weighted by Crippen LogP contribution is -2.33. The Hall–Kier alpha value is -3.31. The van der Waals surface area contributed by atoms with Crippen molar-refractivity contribution in [1.82, 2.24) is 4.90 Å². The van der Waals surface area contributed by atoms with Gasteiger partial charge in [-0.3, -0.25) is 9.59 Å². The number of carbonyl (C=O) groups excluding carboxylic acids is 2. The van der Waals surface area contributed by atoms with Gasteiger partial charge in [0.25, 0.3) is 11.8 Å². The molecule has 1 N–H and O–H groups in total. The van der Waals surface area contributed by atoms with E-state index in [0.717, 1.165) is 5.56 Å². The highest BCUT2D eigenvalue weighted by Crippen LogP contribution is 2.23. The van der Waals surface area contributed by atoms with Gasteiger partial charge in [0.15, 0.2) is 6.61 Å². The van der Waals surface area contributed by atoms with Crippen LogP contribution in [-0.2, 0) is 4.79 Å². The largest absolute Gasteiger partial charge is 0.484 e. The molecule has 0 spiro atoms. The molecule has 0 radical (unpaired) electrons. The van der Waals surface area contributed by atoms with Crippen LogP contribution < -0.4 is 10.1 Å². The number of hydrogen-bond acceptors (Lipinski definition) is 3. The van der Waals surface area contributed by atoms with Crippen LogP contribution in [0.15, 0.2) is 78.9 Å². The number of nitrogens with one attached hydrogen (secondary N) is 1. The first-order valence-electron chi connectivity index (χ1n) is 9.54. The zero-order valence-electron chi connectivity index (χ0n) is 16.8. The second-order valence-electron chi connectivity index (χ2n) is 6.87. The van der Waals surface area contributed by atoms with Crippen molar-refractivity contribution in [1.29, 1.82) is 0 Å². The third-order valence-corrected chi connectivity index (χ3v) is 5.03. The Morgan fingerprint density at radius 2 is 1.73 bits per heavy atom. The SMILES string of the molecule is CC(c1cccc(NC(=O)c2ccccc2)c1)N(C)C(=O)COc1cccc(Cl)c1. The van der Waals surface area contributed by atoms with E-state index in [0.29, 0.717) is 22.0 Å². The van der Waals surface area contributed by atoms with Gasteiger partial charge in [-0.15, -0.1) is 0 Å². The van der Waals surface area contributed by atoms with Gasteiger partial charge < -0.3 is 15.0 Å².